The van der Waals surface area contributed by atoms with Crippen molar-refractivity contribution < 1.29 is 9.53 Å². The molecule has 0 saturated carbocycles. The highest BCUT2D eigenvalue weighted by atomic mass is 79.9. The van der Waals surface area contributed by atoms with E-state index in [0.29, 0.717) is 18.4 Å². The zero-order chi connectivity index (χ0) is 17.5. The van der Waals surface area contributed by atoms with E-state index in [4.69, 9.17) is 10.00 Å². The number of aryl methyl sites for hydroxylation is 1. The quantitative estimate of drug-likeness (QED) is 0.811. The molecule has 0 fully saturated rings. The van der Waals surface area contributed by atoms with Gasteiger partial charge in [-0.3, -0.25) is 4.79 Å². The van der Waals surface area contributed by atoms with Crippen LogP contribution in [0.2, 0.25) is 0 Å². The molecule has 0 spiro atoms. The van der Waals surface area contributed by atoms with Crippen molar-refractivity contribution in [3.8, 4) is 11.8 Å². The molecule has 0 aliphatic rings. The summed E-state index contributed by atoms with van der Waals surface area (Å²) in [4.78, 5) is 12.1. The lowest BCUT2D eigenvalue weighted by molar-refractivity contribution is -0.121. The summed E-state index contributed by atoms with van der Waals surface area (Å²) >= 11 is 3.45. The Morgan fingerprint density at radius 1 is 1.29 bits per heavy atom. The van der Waals surface area contributed by atoms with E-state index in [1.165, 1.54) is 0 Å². The topological polar surface area (TPSA) is 62.1 Å². The Kier molecular flexibility index (Phi) is 6.39. The van der Waals surface area contributed by atoms with Crippen LogP contribution in [0.1, 0.15) is 36.1 Å². The van der Waals surface area contributed by atoms with Crippen LogP contribution in [0.4, 0.5) is 0 Å². The molecule has 1 unspecified atom stereocenters. The van der Waals surface area contributed by atoms with Crippen LogP contribution < -0.4 is 10.1 Å². The number of carbonyl (C=O) groups is 1. The Morgan fingerprint density at radius 2 is 2.00 bits per heavy atom. The summed E-state index contributed by atoms with van der Waals surface area (Å²) in [6.07, 6.45) is 1.06. The number of nitriles is 1. The predicted molar refractivity (Wildman–Crippen MR) is 96.7 cm³/mol. The molecular formula is C19H19BrN2O2. The van der Waals surface area contributed by atoms with Gasteiger partial charge in [0.05, 0.1) is 29.3 Å². The van der Waals surface area contributed by atoms with Crippen LogP contribution in [0, 0.1) is 11.3 Å². The lowest BCUT2D eigenvalue weighted by atomic mass is 10.1. The second-order valence-electron chi connectivity index (χ2n) is 5.49. The molecular weight excluding hydrogens is 368 g/mol. The molecule has 0 saturated heterocycles. The van der Waals surface area contributed by atoms with Crippen LogP contribution in [-0.4, -0.2) is 13.0 Å². The maximum Gasteiger partial charge on any atom is 0.220 e. The number of benzene rings is 2. The maximum absolute atomic E-state index is 12.1. The minimum atomic E-state index is -0.0827. The standard InChI is InChI=1S/C19H19BrN2O2/c1-13(16-8-9-18(24-2)17(20)11-16)22-19(23)10-7-14-3-5-15(12-21)6-4-14/h3-6,8-9,11,13H,7,10H2,1-2H3,(H,22,23). The van der Waals surface area contributed by atoms with E-state index >= 15 is 0 Å². The average Bonchev–Trinajstić information content (AvgIpc) is 2.60. The van der Waals surface area contributed by atoms with Crippen molar-refractivity contribution in [1.82, 2.24) is 5.32 Å². The van der Waals surface area contributed by atoms with Crippen LogP contribution in [0.25, 0.3) is 0 Å². The molecule has 0 aliphatic heterocycles. The number of rotatable bonds is 6. The van der Waals surface area contributed by atoms with Crippen molar-refractivity contribution in [2.75, 3.05) is 7.11 Å². The molecule has 0 aromatic heterocycles. The Labute approximate surface area is 150 Å². The number of nitrogens with one attached hydrogen (secondary N) is 1. The van der Waals surface area contributed by atoms with Crippen LogP contribution >= 0.6 is 15.9 Å². The van der Waals surface area contributed by atoms with Crippen molar-refractivity contribution >= 4 is 21.8 Å². The first-order valence-corrected chi connectivity index (χ1v) is 8.44. The normalized spacial score (nSPS) is 11.4. The Bertz CT molecular complexity index is 751. The summed E-state index contributed by atoms with van der Waals surface area (Å²) in [6.45, 7) is 1.95. The molecule has 2 rings (SSSR count). The highest BCUT2D eigenvalue weighted by Gasteiger charge is 2.11. The van der Waals surface area contributed by atoms with E-state index in [1.54, 1.807) is 19.2 Å². The maximum atomic E-state index is 12.1. The van der Waals surface area contributed by atoms with E-state index in [0.717, 1.165) is 21.3 Å². The van der Waals surface area contributed by atoms with Gasteiger partial charge in [0.25, 0.3) is 0 Å². The number of halogens is 1. The zero-order valence-electron chi connectivity index (χ0n) is 13.7. The number of amides is 1. The van der Waals surface area contributed by atoms with Crippen LogP contribution in [0.15, 0.2) is 46.9 Å². The highest BCUT2D eigenvalue weighted by molar-refractivity contribution is 9.10. The van der Waals surface area contributed by atoms with Gasteiger partial charge in [-0.2, -0.15) is 5.26 Å². The first kappa shape index (κ1) is 18.0. The fourth-order valence-corrected chi connectivity index (χ4v) is 2.91. The van der Waals surface area contributed by atoms with E-state index in [2.05, 4.69) is 27.3 Å². The van der Waals surface area contributed by atoms with E-state index in [9.17, 15) is 4.79 Å². The smallest absolute Gasteiger partial charge is 0.220 e. The minimum absolute atomic E-state index is 0.00111. The number of carbonyl (C=O) groups excluding carboxylic acids is 1. The Balaban J connectivity index is 1.89. The van der Waals surface area contributed by atoms with Gasteiger partial charge in [-0.25, -0.2) is 0 Å². The molecule has 1 atom stereocenters. The number of nitrogens with zero attached hydrogens (tertiary/aromatic N) is 1. The van der Waals surface area contributed by atoms with Gasteiger partial charge >= 0.3 is 0 Å². The van der Waals surface area contributed by atoms with Gasteiger partial charge < -0.3 is 10.1 Å². The molecule has 1 amide bonds. The summed E-state index contributed by atoms with van der Waals surface area (Å²) in [7, 11) is 1.62. The largest absolute Gasteiger partial charge is 0.496 e. The molecule has 4 nitrogen and oxygen atoms in total. The van der Waals surface area contributed by atoms with E-state index < -0.39 is 0 Å². The fraction of sp³-hybridized carbons (Fsp3) is 0.263. The lowest BCUT2D eigenvalue weighted by Crippen LogP contribution is -2.26. The van der Waals surface area contributed by atoms with Crippen LogP contribution in [-0.2, 0) is 11.2 Å². The summed E-state index contributed by atoms with van der Waals surface area (Å²) in [5.41, 5.74) is 2.68. The van der Waals surface area contributed by atoms with Crippen molar-refractivity contribution in [1.29, 1.82) is 5.26 Å². The molecule has 0 aliphatic carbocycles. The third-order valence-electron chi connectivity index (χ3n) is 3.78. The highest BCUT2D eigenvalue weighted by Crippen LogP contribution is 2.28. The van der Waals surface area contributed by atoms with E-state index in [-0.39, 0.29) is 11.9 Å². The number of hydrogen-bond acceptors (Lipinski definition) is 3. The van der Waals surface area contributed by atoms with Crippen LogP contribution in [0.3, 0.4) is 0 Å². The monoisotopic (exact) mass is 386 g/mol. The average molecular weight is 387 g/mol. The zero-order valence-corrected chi connectivity index (χ0v) is 15.3. The molecule has 2 aromatic carbocycles. The predicted octanol–water partition coefficient (Wildman–Crippen LogP) is 4.14. The van der Waals surface area contributed by atoms with Gasteiger partial charge in [-0.05, 0) is 64.7 Å². The minimum Gasteiger partial charge on any atom is -0.496 e. The third-order valence-corrected chi connectivity index (χ3v) is 4.40. The number of methoxy groups -OCH3 is 1. The molecule has 0 radical (unpaired) electrons. The van der Waals surface area contributed by atoms with Crippen LogP contribution in [0.5, 0.6) is 5.75 Å². The van der Waals surface area contributed by atoms with Gasteiger partial charge in [-0.1, -0.05) is 18.2 Å². The first-order valence-electron chi connectivity index (χ1n) is 7.65. The third kappa shape index (κ3) is 4.84. The molecule has 0 heterocycles. The van der Waals surface area contributed by atoms with E-state index in [1.807, 2.05) is 37.3 Å². The summed E-state index contributed by atoms with van der Waals surface area (Å²) in [5, 5.41) is 11.8. The van der Waals surface area contributed by atoms with Crippen molar-refractivity contribution in [3.63, 3.8) is 0 Å². The molecule has 0 bridgehead atoms. The molecule has 2 aromatic rings. The summed E-state index contributed by atoms with van der Waals surface area (Å²) in [5.74, 6) is 0.761. The fourth-order valence-electron chi connectivity index (χ4n) is 2.35. The lowest BCUT2D eigenvalue weighted by Gasteiger charge is -2.15. The molecule has 1 N–H and O–H groups in total. The molecule has 5 heteroatoms. The Morgan fingerprint density at radius 3 is 2.58 bits per heavy atom. The molecule has 24 heavy (non-hydrogen) atoms. The summed E-state index contributed by atoms with van der Waals surface area (Å²) < 4.78 is 6.07. The van der Waals surface area contributed by atoms with Gasteiger partial charge in [0, 0.05) is 6.42 Å². The number of ether oxygens (including phenoxy) is 1. The SMILES string of the molecule is COc1ccc(C(C)NC(=O)CCc2ccc(C#N)cc2)cc1Br. The van der Waals surface area contributed by atoms with Gasteiger partial charge in [-0.15, -0.1) is 0 Å². The van der Waals surface area contributed by atoms with Gasteiger partial charge in [0.15, 0.2) is 0 Å². The first-order chi connectivity index (χ1) is 11.5. The summed E-state index contributed by atoms with van der Waals surface area (Å²) in [6, 6.07) is 15.1. The van der Waals surface area contributed by atoms with Crippen molar-refractivity contribution in [2.45, 2.75) is 25.8 Å². The molecule has 124 valence electrons. The van der Waals surface area contributed by atoms with Crippen molar-refractivity contribution in [3.05, 3.63) is 63.6 Å². The van der Waals surface area contributed by atoms with Gasteiger partial charge in [0.2, 0.25) is 5.91 Å². The Hall–Kier alpha value is -2.32. The number of hydrogen-bond donors (Lipinski definition) is 1. The second-order valence-corrected chi connectivity index (χ2v) is 6.35. The van der Waals surface area contributed by atoms with Crippen molar-refractivity contribution in [2.24, 2.45) is 0 Å². The second kappa shape index (κ2) is 8.51. The van der Waals surface area contributed by atoms with Gasteiger partial charge in [0.1, 0.15) is 5.75 Å².